The van der Waals surface area contributed by atoms with Gasteiger partial charge in [0.1, 0.15) is 17.3 Å². The van der Waals surface area contributed by atoms with Crippen molar-refractivity contribution in [2.75, 3.05) is 11.9 Å². The second kappa shape index (κ2) is 9.80. The monoisotopic (exact) mass is 411 g/mol. The van der Waals surface area contributed by atoms with Gasteiger partial charge < -0.3 is 10.4 Å². The summed E-state index contributed by atoms with van der Waals surface area (Å²) in [5, 5.41) is 13.4. The summed E-state index contributed by atoms with van der Waals surface area (Å²) in [5.41, 5.74) is 4.62. The molecule has 4 aromatic rings. The van der Waals surface area contributed by atoms with Gasteiger partial charge in [0.2, 0.25) is 0 Å². The summed E-state index contributed by atoms with van der Waals surface area (Å²) in [6.45, 7) is 2.82. The molecule has 0 atom stereocenters. The molecule has 0 unspecified atom stereocenters. The van der Waals surface area contributed by atoms with Gasteiger partial charge in [0.05, 0.1) is 5.69 Å². The fourth-order valence-corrected chi connectivity index (χ4v) is 3.41. The molecule has 0 fully saturated rings. The van der Waals surface area contributed by atoms with Crippen LogP contribution in [0.5, 0.6) is 5.75 Å². The molecule has 0 amide bonds. The molecule has 3 heterocycles. The summed E-state index contributed by atoms with van der Waals surface area (Å²) in [5.74, 6) is 1.68. The number of phenols is 1. The Balaban J connectivity index is 1.55. The van der Waals surface area contributed by atoms with Crippen LogP contribution >= 0.6 is 0 Å². The highest BCUT2D eigenvalue weighted by atomic mass is 16.3. The number of anilines is 1. The van der Waals surface area contributed by atoms with Crippen molar-refractivity contribution in [3.63, 3.8) is 0 Å². The molecule has 6 nitrogen and oxygen atoms in total. The molecule has 31 heavy (non-hydrogen) atoms. The molecule has 6 heteroatoms. The Bertz CT molecular complexity index is 1080. The molecule has 2 N–H and O–H groups in total. The first-order valence-electron chi connectivity index (χ1n) is 10.5. The van der Waals surface area contributed by atoms with E-state index in [1.54, 1.807) is 24.7 Å². The van der Waals surface area contributed by atoms with Gasteiger partial charge in [-0.05, 0) is 54.3 Å². The summed E-state index contributed by atoms with van der Waals surface area (Å²) in [6.07, 6.45) is 7.97. The van der Waals surface area contributed by atoms with Crippen LogP contribution in [0.4, 0.5) is 5.82 Å². The smallest absolute Gasteiger partial charge is 0.180 e. The zero-order valence-corrected chi connectivity index (χ0v) is 17.5. The highest BCUT2D eigenvalue weighted by Gasteiger charge is 2.10. The van der Waals surface area contributed by atoms with Gasteiger partial charge >= 0.3 is 0 Å². The molecule has 0 saturated heterocycles. The number of phenolic OH excluding ortho intramolecular Hbond substituents is 1. The molecule has 1 aromatic carbocycles. The van der Waals surface area contributed by atoms with E-state index in [-0.39, 0.29) is 0 Å². The number of nitrogens with zero attached hydrogens (tertiary/aromatic N) is 4. The molecule has 0 aliphatic heterocycles. The van der Waals surface area contributed by atoms with Crippen molar-refractivity contribution in [3.05, 3.63) is 84.3 Å². The van der Waals surface area contributed by atoms with Gasteiger partial charge in [-0.1, -0.05) is 31.5 Å². The van der Waals surface area contributed by atoms with Crippen LogP contribution in [0.3, 0.4) is 0 Å². The molecular formula is C25H25N5O. The van der Waals surface area contributed by atoms with Gasteiger partial charge in [0, 0.05) is 36.8 Å². The Morgan fingerprint density at radius 3 is 2.61 bits per heavy atom. The van der Waals surface area contributed by atoms with E-state index in [0.29, 0.717) is 18.1 Å². The van der Waals surface area contributed by atoms with Crippen LogP contribution in [-0.4, -0.2) is 31.6 Å². The first kappa shape index (κ1) is 20.5. The molecule has 156 valence electrons. The Morgan fingerprint density at radius 1 is 0.903 bits per heavy atom. The highest BCUT2D eigenvalue weighted by Crippen LogP contribution is 2.23. The molecule has 0 radical (unpaired) electrons. The zero-order valence-electron chi connectivity index (χ0n) is 17.5. The first-order chi connectivity index (χ1) is 15.2. The number of nitrogens with one attached hydrogen (secondary N) is 1. The lowest BCUT2D eigenvalue weighted by Crippen LogP contribution is -2.08. The lowest BCUT2D eigenvalue weighted by Gasteiger charge is -2.11. The number of hydrogen-bond acceptors (Lipinski definition) is 6. The minimum atomic E-state index is 0.371. The molecular weight excluding hydrogens is 386 g/mol. The summed E-state index contributed by atoms with van der Waals surface area (Å²) in [6, 6.07) is 17.3. The predicted octanol–water partition coefficient (Wildman–Crippen LogP) is 4.91. The summed E-state index contributed by atoms with van der Waals surface area (Å²) in [4.78, 5) is 18.0. The summed E-state index contributed by atoms with van der Waals surface area (Å²) >= 11 is 0. The average molecular weight is 412 g/mol. The quantitative estimate of drug-likeness (QED) is 0.428. The van der Waals surface area contributed by atoms with Crippen LogP contribution < -0.4 is 5.32 Å². The number of benzene rings is 1. The molecule has 4 rings (SSSR count). The Hall–Kier alpha value is -3.80. The van der Waals surface area contributed by atoms with E-state index in [1.165, 1.54) is 5.56 Å². The number of hydrogen-bond donors (Lipinski definition) is 2. The maximum atomic E-state index is 10.0. The number of aromatic nitrogens is 4. The molecule has 0 spiro atoms. The third-order valence-electron chi connectivity index (χ3n) is 4.96. The predicted molar refractivity (Wildman–Crippen MR) is 123 cm³/mol. The fourth-order valence-electron chi connectivity index (χ4n) is 3.41. The van der Waals surface area contributed by atoms with E-state index in [4.69, 9.17) is 4.98 Å². The number of pyridine rings is 2. The minimum absolute atomic E-state index is 0.371. The number of aromatic hydroxyl groups is 1. The van der Waals surface area contributed by atoms with Gasteiger partial charge in [0.15, 0.2) is 5.82 Å². The summed E-state index contributed by atoms with van der Waals surface area (Å²) < 4.78 is 0. The van der Waals surface area contributed by atoms with E-state index in [9.17, 15) is 5.11 Å². The second-order valence-corrected chi connectivity index (χ2v) is 7.31. The first-order valence-corrected chi connectivity index (χ1v) is 10.5. The van der Waals surface area contributed by atoms with Gasteiger partial charge in [-0.2, -0.15) is 0 Å². The van der Waals surface area contributed by atoms with E-state index in [0.717, 1.165) is 47.6 Å². The zero-order chi connectivity index (χ0) is 21.5. The van der Waals surface area contributed by atoms with Gasteiger partial charge in [-0.15, -0.1) is 0 Å². The summed E-state index contributed by atoms with van der Waals surface area (Å²) in [7, 11) is 0. The van der Waals surface area contributed by atoms with Gasteiger partial charge in [-0.25, -0.2) is 9.97 Å². The van der Waals surface area contributed by atoms with Gasteiger partial charge in [-0.3, -0.25) is 9.97 Å². The topological polar surface area (TPSA) is 83.8 Å². The minimum Gasteiger partial charge on any atom is -0.508 e. The molecule has 0 bridgehead atoms. The highest BCUT2D eigenvalue weighted by molar-refractivity contribution is 5.65. The van der Waals surface area contributed by atoms with Crippen LogP contribution in [-0.2, 0) is 12.8 Å². The third-order valence-corrected chi connectivity index (χ3v) is 4.96. The maximum Gasteiger partial charge on any atom is 0.180 e. The Labute approximate surface area is 182 Å². The van der Waals surface area contributed by atoms with E-state index < -0.39 is 0 Å². The molecule has 0 aliphatic rings. The van der Waals surface area contributed by atoms with Crippen molar-refractivity contribution in [3.8, 4) is 28.5 Å². The Kier molecular flexibility index (Phi) is 6.47. The van der Waals surface area contributed by atoms with E-state index in [1.807, 2.05) is 42.5 Å². The lowest BCUT2D eigenvalue weighted by molar-refractivity contribution is 0.467. The molecule has 0 aliphatic carbocycles. The largest absolute Gasteiger partial charge is 0.508 e. The van der Waals surface area contributed by atoms with Crippen molar-refractivity contribution in [2.24, 2.45) is 0 Å². The third kappa shape index (κ3) is 5.22. The fraction of sp³-hybridized carbons (Fsp3) is 0.200. The van der Waals surface area contributed by atoms with Crippen molar-refractivity contribution < 1.29 is 5.11 Å². The van der Waals surface area contributed by atoms with Crippen LogP contribution in [0.1, 0.15) is 24.5 Å². The van der Waals surface area contributed by atoms with Crippen LogP contribution in [0.25, 0.3) is 22.8 Å². The molecule has 0 saturated carbocycles. The molecule has 3 aromatic heterocycles. The average Bonchev–Trinajstić information content (AvgIpc) is 2.82. The number of aryl methyl sites for hydroxylation is 1. The maximum absolute atomic E-state index is 10.0. The van der Waals surface area contributed by atoms with Gasteiger partial charge in [0.25, 0.3) is 0 Å². The SMILES string of the molecule is CCCc1cc(CCNc2cc(-c3cccnc3)nc(-c3ccccn3)n2)ccc1O. The second-order valence-electron chi connectivity index (χ2n) is 7.31. The van der Waals surface area contributed by atoms with Crippen LogP contribution in [0.15, 0.2) is 73.2 Å². The van der Waals surface area contributed by atoms with Crippen molar-refractivity contribution in [1.82, 2.24) is 19.9 Å². The van der Waals surface area contributed by atoms with Crippen LogP contribution in [0, 0.1) is 0 Å². The lowest BCUT2D eigenvalue weighted by atomic mass is 10.0. The van der Waals surface area contributed by atoms with Crippen molar-refractivity contribution >= 4 is 5.82 Å². The standard InChI is InChI=1S/C25H25N5O/c1-2-6-19-15-18(9-10-23(19)31)11-14-28-24-16-22(20-7-5-12-26-17-20)29-25(30-24)21-8-3-4-13-27-21/h3-5,7-10,12-13,15-17,31H,2,6,11,14H2,1H3,(H,28,29,30). The van der Waals surface area contributed by atoms with Crippen molar-refractivity contribution in [2.45, 2.75) is 26.2 Å². The van der Waals surface area contributed by atoms with E-state index in [2.05, 4.69) is 33.3 Å². The Morgan fingerprint density at radius 2 is 1.84 bits per heavy atom. The number of rotatable bonds is 8. The van der Waals surface area contributed by atoms with Crippen molar-refractivity contribution in [1.29, 1.82) is 0 Å². The van der Waals surface area contributed by atoms with Crippen LogP contribution in [0.2, 0.25) is 0 Å². The normalized spacial score (nSPS) is 10.7. The van der Waals surface area contributed by atoms with E-state index >= 15 is 0 Å².